The van der Waals surface area contributed by atoms with E-state index in [1.165, 1.54) is 0 Å². The maximum absolute atomic E-state index is 5.37. The van der Waals surface area contributed by atoms with Gasteiger partial charge in [-0.1, -0.05) is 0 Å². The van der Waals surface area contributed by atoms with Crippen LogP contribution in [-0.4, -0.2) is 39.9 Å². The Kier molecular flexibility index (Phi) is 2.91. The van der Waals surface area contributed by atoms with Gasteiger partial charge in [0.05, 0.1) is 18.7 Å². The van der Waals surface area contributed by atoms with Crippen molar-refractivity contribution in [2.45, 2.75) is 0 Å². The van der Waals surface area contributed by atoms with Gasteiger partial charge in [0.2, 0.25) is 11.9 Å². The summed E-state index contributed by atoms with van der Waals surface area (Å²) in [6.45, 7) is 0. The summed E-state index contributed by atoms with van der Waals surface area (Å²) >= 11 is 0. The number of imidazole rings is 2. The lowest BCUT2D eigenvalue weighted by atomic mass is 10.6. The molecule has 0 atom stereocenters. The van der Waals surface area contributed by atoms with Crippen LogP contribution >= 0.6 is 0 Å². The van der Waals surface area contributed by atoms with Gasteiger partial charge in [-0.05, 0) is 0 Å². The molecule has 0 saturated carbocycles. The fraction of sp³-hybridized carbons (Fsp3) is 0. The minimum atomic E-state index is 0.198. The van der Waals surface area contributed by atoms with E-state index in [0.717, 1.165) is 5.52 Å². The third-order valence-corrected chi connectivity index (χ3v) is 2.47. The molecular weight excluding hydrogens is 274 g/mol. The van der Waals surface area contributed by atoms with Crippen molar-refractivity contribution >= 4 is 40.2 Å². The molecule has 4 rings (SSSR count). The molecule has 11 heteroatoms. The van der Waals surface area contributed by atoms with Gasteiger partial charge in [0.1, 0.15) is 11.0 Å². The molecule has 0 spiro atoms. The molecule has 0 radical (unpaired) electrons. The number of nitrogens with two attached hydrogens (primary N) is 3. The first-order valence-electron chi connectivity index (χ1n) is 5.77. The van der Waals surface area contributed by atoms with E-state index in [1.54, 1.807) is 18.7 Å². The fourth-order valence-corrected chi connectivity index (χ4v) is 1.59. The molecule has 11 nitrogen and oxygen atoms in total. The Hall–Kier alpha value is -3.50. The van der Waals surface area contributed by atoms with E-state index < -0.39 is 0 Å². The van der Waals surface area contributed by atoms with Gasteiger partial charge in [0.25, 0.3) is 0 Å². The lowest BCUT2D eigenvalue weighted by Crippen LogP contribution is -1.93. The van der Waals surface area contributed by atoms with Gasteiger partial charge in [-0.2, -0.15) is 15.0 Å². The van der Waals surface area contributed by atoms with Crippen LogP contribution in [0, 0.1) is 0 Å². The van der Waals surface area contributed by atoms with E-state index >= 15 is 0 Å². The molecule has 0 saturated heterocycles. The smallest absolute Gasteiger partial charge is 0.222 e. The summed E-state index contributed by atoms with van der Waals surface area (Å²) in [7, 11) is 0. The SMILES string of the molecule is Nc1ncc2[nH]c(N)nc2n1.Nc1ncc2[nH]cnc2n1. The first kappa shape index (κ1) is 12.5. The number of anilines is 3. The number of hydrogen-bond acceptors (Lipinski definition) is 9. The minimum absolute atomic E-state index is 0.198. The summed E-state index contributed by atoms with van der Waals surface area (Å²) < 4.78 is 0. The van der Waals surface area contributed by atoms with Crippen molar-refractivity contribution in [1.82, 2.24) is 39.9 Å². The van der Waals surface area contributed by atoms with E-state index in [0.29, 0.717) is 22.8 Å². The van der Waals surface area contributed by atoms with Crippen LogP contribution in [0.3, 0.4) is 0 Å². The zero-order valence-electron chi connectivity index (χ0n) is 10.6. The third kappa shape index (κ3) is 2.60. The number of nitrogens with zero attached hydrogens (tertiary/aromatic N) is 6. The topological polar surface area (TPSA) is 187 Å². The second kappa shape index (κ2) is 4.88. The predicted octanol–water partition coefficient (Wildman–Crippen LogP) is -0.548. The van der Waals surface area contributed by atoms with E-state index in [-0.39, 0.29) is 11.9 Å². The number of H-pyrrole nitrogens is 2. The second-order valence-electron chi connectivity index (χ2n) is 3.96. The fourth-order valence-electron chi connectivity index (χ4n) is 1.59. The maximum atomic E-state index is 5.37. The number of rotatable bonds is 0. The standard InChI is InChI=1S/C5H6N6.C5H5N5/c6-4-8-1-2-3(10-4)11-5(7)9-2;6-5-7-1-3-4(10-5)9-2-8-3/h1H,(H5,6,7,8,9,10,11);1-2H,(H3,6,7,8,9,10). The molecule has 0 aliphatic carbocycles. The van der Waals surface area contributed by atoms with Crippen LogP contribution < -0.4 is 17.2 Å². The first-order valence-corrected chi connectivity index (χ1v) is 5.77. The Morgan fingerprint density at radius 2 is 1.43 bits per heavy atom. The van der Waals surface area contributed by atoms with Crippen LogP contribution in [0.4, 0.5) is 17.8 Å². The highest BCUT2D eigenvalue weighted by Gasteiger charge is 2.00. The van der Waals surface area contributed by atoms with E-state index in [9.17, 15) is 0 Å². The lowest BCUT2D eigenvalue weighted by Gasteiger charge is -1.87. The van der Waals surface area contributed by atoms with Crippen molar-refractivity contribution < 1.29 is 0 Å². The zero-order chi connectivity index (χ0) is 14.8. The summed E-state index contributed by atoms with van der Waals surface area (Å²) in [6.07, 6.45) is 4.70. The van der Waals surface area contributed by atoms with Crippen molar-refractivity contribution in [3.05, 3.63) is 18.7 Å². The second-order valence-corrected chi connectivity index (χ2v) is 3.96. The lowest BCUT2D eigenvalue weighted by molar-refractivity contribution is 1.22. The average molecular weight is 285 g/mol. The Balaban J connectivity index is 0.000000126. The number of hydrogen-bond donors (Lipinski definition) is 5. The van der Waals surface area contributed by atoms with Crippen LogP contribution in [0.1, 0.15) is 0 Å². The number of aromatic amines is 2. The van der Waals surface area contributed by atoms with Gasteiger partial charge in [0.15, 0.2) is 17.2 Å². The molecule has 21 heavy (non-hydrogen) atoms. The molecule has 106 valence electrons. The Morgan fingerprint density at radius 3 is 2.19 bits per heavy atom. The van der Waals surface area contributed by atoms with Crippen molar-refractivity contribution in [1.29, 1.82) is 0 Å². The Morgan fingerprint density at radius 1 is 0.762 bits per heavy atom. The zero-order valence-corrected chi connectivity index (χ0v) is 10.6. The molecule has 0 aliphatic rings. The highest BCUT2D eigenvalue weighted by molar-refractivity contribution is 5.72. The quantitative estimate of drug-likeness (QED) is 0.282. The summed E-state index contributed by atoms with van der Waals surface area (Å²) in [5.74, 6) is 0.767. The van der Waals surface area contributed by atoms with Crippen LogP contribution in [-0.2, 0) is 0 Å². The summed E-state index contributed by atoms with van der Waals surface area (Å²) in [5, 5.41) is 0. The van der Waals surface area contributed by atoms with E-state index in [4.69, 9.17) is 17.2 Å². The van der Waals surface area contributed by atoms with Crippen LogP contribution in [0.2, 0.25) is 0 Å². The maximum Gasteiger partial charge on any atom is 0.222 e. The minimum Gasteiger partial charge on any atom is -0.369 e. The summed E-state index contributed by atoms with van der Waals surface area (Å²) in [5.41, 5.74) is 18.6. The number of nitrogens with one attached hydrogen (secondary N) is 2. The normalized spacial score (nSPS) is 10.5. The molecule has 8 N–H and O–H groups in total. The van der Waals surface area contributed by atoms with Crippen LogP contribution in [0.5, 0.6) is 0 Å². The summed E-state index contributed by atoms with van der Waals surface area (Å²) in [4.78, 5) is 28.6. The average Bonchev–Trinajstić information content (AvgIpc) is 3.03. The molecule has 4 aromatic rings. The van der Waals surface area contributed by atoms with Crippen LogP contribution in [0.25, 0.3) is 22.3 Å². The van der Waals surface area contributed by atoms with Gasteiger partial charge in [-0.15, -0.1) is 0 Å². The third-order valence-electron chi connectivity index (χ3n) is 2.47. The first-order chi connectivity index (χ1) is 10.1. The molecule has 0 amide bonds. The van der Waals surface area contributed by atoms with Gasteiger partial charge >= 0.3 is 0 Å². The molecule has 4 heterocycles. The molecular formula is C10H11N11. The monoisotopic (exact) mass is 285 g/mol. The molecule has 0 unspecified atom stereocenters. The predicted molar refractivity (Wildman–Crippen MR) is 76.6 cm³/mol. The van der Waals surface area contributed by atoms with Crippen LogP contribution in [0.15, 0.2) is 18.7 Å². The summed E-state index contributed by atoms with van der Waals surface area (Å²) in [6, 6.07) is 0. The molecule has 0 aliphatic heterocycles. The van der Waals surface area contributed by atoms with Gasteiger partial charge in [-0.25, -0.2) is 15.0 Å². The Labute approximate surface area is 117 Å². The largest absolute Gasteiger partial charge is 0.369 e. The van der Waals surface area contributed by atoms with Crippen molar-refractivity contribution in [3.63, 3.8) is 0 Å². The molecule has 0 aromatic carbocycles. The van der Waals surface area contributed by atoms with Crippen molar-refractivity contribution in [3.8, 4) is 0 Å². The molecule has 0 bridgehead atoms. The van der Waals surface area contributed by atoms with Crippen molar-refractivity contribution in [2.24, 2.45) is 0 Å². The van der Waals surface area contributed by atoms with Crippen molar-refractivity contribution in [2.75, 3.05) is 17.2 Å². The van der Waals surface area contributed by atoms with Gasteiger partial charge in [-0.3, -0.25) is 0 Å². The number of nitrogen functional groups attached to an aromatic ring is 3. The molecule has 4 aromatic heterocycles. The van der Waals surface area contributed by atoms with E-state index in [2.05, 4.69) is 39.9 Å². The van der Waals surface area contributed by atoms with Gasteiger partial charge < -0.3 is 27.2 Å². The number of aromatic nitrogens is 8. The number of fused-ring (bicyclic) bond motifs is 2. The van der Waals surface area contributed by atoms with E-state index in [1.807, 2.05) is 0 Å². The highest BCUT2D eigenvalue weighted by atomic mass is 15.1. The molecule has 0 fully saturated rings. The highest BCUT2D eigenvalue weighted by Crippen LogP contribution is 2.08. The van der Waals surface area contributed by atoms with Gasteiger partial charge in [0, 0.05) is 0 Å². The Bertz CT molecular complexity index is 892.